The molecule has 1 amide bonds. The van der Waals surface area contributed by atoms with E-state index in [1.165, 1.54) is 16.2 Å². The van der Waals surface area contributed by atoms with Crippen LogP contribution in [0, 0.1) is 0 Å². The summed E-state index contributed by atoms with van der Waals surface area (Å²) >= 11 is 0. The van der Waals surface area contributed by atoms with Gasteiger partial charge < -0.3 is 9.88 Å². The lowest BCUT2D eigenvalue weighted by Gasteiger charge is -2.18. The van der Waals surface area contributed by atoms with E-state index in [9.17, 15) is 9.59 Å². The van der Waals surface area contributed by atoms with Gasteiger partial charge in [-0.25, -0.2) is 0 Å². The van der Waals surface area contributed by atoms with Crippen molar-refractivity contribution in [1.82, 2.24) is 14.8 Å². The normalized spacial score (nSPS) is 10.8. The Labute approximate surface area is 142 Å². The molecule has 0 bridgehead atoms. The number of benzene rings is 1. The number of aromatic nitrogens is 1. The number of carbonyl (C=O) groups excluding carboxylic acids is 1. The van der Waals surface area contributed by atoms with E-state index in [4.69, 9.17) is 0 Å². The first-order chi connectivity index (χ1) is 11.5. The van der Waals surface area contributed by atoms with Gasteiger partial charge in [-0.05, 0) is 30.3 Å². The van der Waals surface area contributed by atoms with Crippen LogP contribution in [0.2, 0.25) is 0 Å². The fraction of sp³-hybridized carbons (Fsp3) is 0.368. The van der Waals surface area contributed by atoms with Crippen LogP contribution in [0.4, 0.5) is 0 Å². The first kappa shape index (κ1) is 17.9. The molecule has 0 saturated heterocycles. The third kappa shape index (κ3) is 4.80. The predicted octanol–water partition coefficient (Wildman–Crippen LogP) is 2.16. The smallest absolute Gasteiger partial charge is 0.251 e. The summed E-state index contributed by atoms with van der Waals surface area (Å²) in [5.41, 5.74) is 2.50. The number of hydrogen-bond donors (Lipinski definition) is 1. The standard InChI is InChI=1S/C19H25N3O2/c1-4-22(5-2)14-16-8-6-15(7-9-16)13-20-19(24)17-10-11-21(3)18(23)12-17/h6-12H,4-5,13-14H2,1-3H3,(H,20,24). The number of pyridine rings is 1. The zero-order valence-corrected chi connectivity index (χ0v) is 14.6. The molecule has 0 aliphatic heterocycles. The Hall–Kier alpha value is -2.40. The SMILES string of the molecule is CCN(CC)Cc1ccc(CNC(=O)c2ccn(C)c(=O)c2)cc1. The molecule has 2 rings (SSSR count). The minimum atomic E-state index is -0.236. The number of carbonyl (C=O) groups is 1. The Balaban J connectivity index is 1.93. The van der Waals surface area contributed by atoms with Crippen LogP contribution in [0.25, 0.3) is 0 Å². The average molecular weight is 327 g/mol. The van der Waals surface area contributed by atoms with Gasteiger partial charge in [0.2, 0.25) is 0 Å². The Kier molecular flexibility index (Phi) is 6.32. The summed E-state index contributed by atoms with van der Waals surface area (Å²) in [5, 5.41) is 2.85. The van der Waals surface area contributed by atoms with Crippen LogP contribution < -0.4 is 10.9 Å². The van der Waals surface area contributed by atoms with Crippen molar-refractivity contribution in [3.8, 4) is 0 Å². The highest BCUT2D eigenvalue weighted by Crippen LogP contribution is 2.08. The molecule has 0 atom stereocenters. The van der Waals surface area contributed by atoms with Crippen molar-refractivity contribution in [2.24, 2.45) is 7.05 Å². The van der Waals surface area contributed by atoms with E-state index in [1.807, 2.05) is 12.1 Å². The van der Waals surface area contributed by atoms with Crippen LogP contribution >= 0.6 is 0 Å². The molecule has 1 N–H and O–H groups in total. The van der Waals surface area contributed by atoms with E-state index < -0.39 is 0 Å². The van der Waals surface area contributed by atoms with Crippen LogP contribution in [0.5, 0.6) is 0 Å². The maximum atomic E-state index is 12.1. The first-order valence-electron chi connectivity index (χ1n) is 8.28. The molecule has 0 saturated carbocycles. The molecule has 0 fully saturated rings. The molecule has 0 aliphatic carbocycles. The van der Waals surface area contributed by atoms with Crippen LogP contribution in [0.15, 0.2) is 47.4 Å². The van der Waals surface area contributed by atoms with Crippen LogP contribution in [0.3, 0.4) is 0 Å². The topological polar surface area (TPSA) is 54.3 Å². The van der Waals surface area contributed by atoms with E-state index >= 15 is 0 Å². The van der Waals surface area contributed by atoms with Crippen molar-refractivity contribution in [3.05, 3.63) is 69.6 Å². The van der Waals surface area contributed by atoms with Gasteiger partial charge in [-0.3, -0.25) is 14.5 Å². The highest BCUT2D eigenvalue weighted by atomic mass is 16.2. The van der Waals surface area contributed by atoms with Crippen molar-refractivity contribution in [1.29, 1.82) is 0 Å². The van der Waals surface area contributed by atoms with Crippen molar-refractivity contribution in [2.45, 2.75) is 26.9 Å². The maximum Gasteiger partial charge on any atom is 0.251 e. The van der Waals surface area contributed by atoms with Gasteiger partial charge in [-0.15, -0.1) is 0 Å². The molecule has 5 heteroatoms. The average Bonchev–Trinajstić information content (AvgIpc) is 2.61. The van der Waals surface area contributed by atoms with Gasteiger partial charge in [0.05, 0.1) is 0 Å². The molecule has 1 aromatic carbocycles. The number of nitrogens with zero attached hydrogens (tertiary/aromatic N) is 2. The van der Waals surface area contributed by atoms with Gasteiger partial charge >= 0.3 is 0 Å². The summed E-state index contributed by atoms with van der Waals surface area (Å²) in [7, 11) is 1.66. The van der Waals surface area contributed by atoms with Crippen LogP contribution in [0.1, 0.15) is 35.3 Å². The molecule has 24 heavy (non-hydrogen) atoms. The lowest BCUT2D eigenvalue weighted by Crippen LogP contribution is -2.25. The van der Waals surface area contributed by atoms with Gasteiger partial charge in [-0.2, -0.15) is 0 Å². The Morgan fingerprint density at radius 3 is 2.29 bits per heavy atom. The largest absolute Gasteiger partial charge is 0.348 e. The van der Waals surface area contributed by atoms with Gasteiger partial charge in [0.25, 0.3) is 11.5 Å². The molecule has 0 radical (unpaired) electrons. The zero-order valence-electron chi connectivity index (χ0n) is 14.6. The minimum absolute atomic E-state index is 0.191. The van der Waals surface area contributed by atoms with Crippen molar-refractivity contribution in [3.63, 3.8) is 0 Å². The lowest BCUT2D eigenvalue weighted by atomic mass is 10.1. The summed E-state index contributed by atoms with van der Waals surface area (Å²) in [6.45, 7) is 7.76. The summed E-state index contributed by atoms with van der Waals surface area (Å²) in [6.07, 6.45) is 1.60. The highest BCUT2D eigenvalue weighted by Gasteiger charge is 2.07. The molecular formula is C19H25N3O2. The number of rotatable bonds is 7. The third-order valence-electron chi connectivity index (χ3n) is 4.14. The van der Waals surface area contributed by atoms with Crippen LogP contribution in [-0.4, -0.2) is 28.5 Å². The molecule has 1 aromatic heterocycles. The molecule has 0 unspecified atom stereocenters. The van der Waals surface area contributed by atoms with Gasteiger partial charge in [0.1, 0.15) is 0 Å². The monoisotopic (exact) mass is 327 g/mol. The van der Waals surface area contributed by atoms with Crippen LogP contribution in [-0.2, 0) is 20.1 Å². The molecule has 0 spiro atoms. The Morgan fingerprint density at radius 1 is 1.08 bits per heavy atom. The van der Waals surface area contributed by atoms with E-state index in [0.717, 1.165) is 25.2 Å². The second kappa shape index (κ2) is 8.45. The molecule has 0 aliphatic rings. The van der Waals surface area contributed by atoms with E-state index in [-0.39, 0.29) is 11.5 Å². The fourth-order valence-corrected chi connectivity index (χ4v) is 2.44. The van der Waals surface area contributed by atoms with Gasteiger partial charge in [0, 0.05) is 38.0 Å². The number of amides is 1. The van der Waals surface area contributed by atoms with Gasteiger partial charge in [-0.1, -0.05) is 38.1 Å². The zero-order chi connectivity index (χ0) is 17.5. The van der Waals surface area contributed by atoms with Crippen molar-refractivity contribution >= 4 is 5.91 Å². The number of aryl methyl sites for hydroxylation is 1. The minimum Gasteiger partial charge on any atom is -0.348 e. The summed E-state index contributed by atoms with van der Waals surface area (Å²) in [6, 6.07) is 11.2. The summed E-state index contributed by atoms with van der Waals surface area (Å²) < 4.78 is 1.44. The lowest BCUT2D eigenvalue weighted by molar-refractivity contribution is 0.0950. The molecule has 128 valence electrons. The van der Waals surface area contributed by atoms with Crippen molar-refractivity contribution in [2.75, 3.05) is 13.1 Å². The molecule has 5 nitrogen and oxygen atoms in total. The van der Waals surface area contributed by atoms with Crippen molar-refractivity contribution < 1.29 is 4.79 Å². The quantitative estimate of drug-likeness (QED) is 0.848. The predicted molar refractivity (Wildman–Crippen MR) is 95.9 cm³/mol. The molecule has 2 aromatic rings. The van der Waals surface area contributed by atoms with E-state index in [1.54, 1.807) is 19.3 Å². The van der Waals surface area contributed by atoms with E-state index in [0.29, 0.717) is 12.1 Å². The second-order valence-electron chi connectivity index (χ2n) is 5.83. The molecular weight excluding hydrogens is 302 g/mol. The highest BCUT2D eigenvalue weighted by molar-refractivity contribution is 5.93. The Morgan fingerprint density at radius 2 is 1.71 bits per heavy atom. The fourth-order valence-electron chi connectivity index (χ4n) is 2.44. The molecule has 1 heterocycles. The Bertz CT molecular complexity index is 731. The number of hydrogen-bond acceptors (Lipinski definition) is 3. The first-order valence-corrected chi connectivity index (χ1v) is 8.28. The maximum absolute atomic E-state index is 12.1. The summed E-state index contributed by atoms with van der Waals surface area (Å²) in [5.74, 6) is -0.236. The number of nitrogens with one attached hydrogen (secondary N) is 1. The third-order valence-corrected chi connectivity index (χ3v) is 4.14. The van der Waals surface area contributed by atoms with E-state index in [2.05, 4.69) is 36.2 Å². The summed E-state index contributed by atoms with van der Waals surface area (Å²) in [4.78, 5) is 26.0. The van der Waals surface area contributed by atoms with Gasteiger partial charge in [0.15, 0.2) is 0 Å². The second-order valence-corrected chi connectivity index (χ2v) is 5.83.